The quantitative estimate of drug-likeness (QED) is 0.0422. The van der Waals surface area contributed by atoms with E-state index in [-0.39, 0.29) is 12.5 Å². The van der Waals surface area contributed by atoms with Crippen LogP contribution in [0, 0.1) is 0 Å². The maximum atomic E-state index is 12.4. The minimum absolute atomic E-state index is 0.0908. The molecule has 0 radical (unpaired) electrons. The van der Waals surface area contributed by atoms with Crippen LogP contribution >= 0.6 is 0 Å². The lowest BCUT2D eigenvalue weighted by Crippen LogP contribution is -2.45. The van der Waals surface area contributed by atoms with Crippen molar-refractivity contribution in [2.24, 2.45) is 0 Å². The first-order valence-corrected chi connectivity index (χ1v) is 26.5. The van der Waals surface area contributed by atoms with Crippen LogP contribution in [0.1, 0.15) is 245 Å². The maximum Gasteiger partial charge on any atom is 0.220 e. The Bertz CT molecular complexity index is 1160. The number of unbranched alkanes of at least 4 members (excludes halogenated alkanes) is 26. The van der Waals surface area contributed by atoms with Gasteiger partial charge in [0.15, 0.2) is 0 Å². The second-order valence-corrected chi connectivity index (χ2v) is 17.6. The maximum absolute atomic E-state index is 12.4. The zero-order valence-corrected chi connectivity index (χ0v) is 40.9. The van der Waals surface area contributed by atoms with E-state index >= 15 is 0 Å². The SMILES string of the molecule is CC/C=C\C/C=C\C/C=C\C/C=C\C/C=C\C/C=C\CCCCCCCCC(=O)NC(CO)C(O)/C=C/CC/C=C/CCCCCCCCCCCCCCCCCCCCC. The normalized spacial score (nSPS) is 13.7. The van der Waals surface area contributed by atoms with Gasteiger partial charge in [0, 0.05) is 6.42 Å². The predicted octanol–water partition coefficient (Wildman–Crippen LogP) is 17.4. The summed E-state index contributed by atoms with van der Waals surface area (Å²) in [6.07, 6.45) is 78.3. The second-order valence-electron chi connectivity index (χ2n) is 17.6. The monoisotopic (exact) mass is 860 g/mol. The molecular formula is C58H101NO3. The van der Waals surface area contributed by atoms with Crippen molar-refractivity contribution in [3.63, 3.8) is 0 Å². The minimum atomic E-state index is -0.876. The van der Waals surface area contributed by atoms with Gasteiger partial charge < -0.3 is 15.5 Å². The largest absolute Gasteiger partial charge is 0.394 e. The molecule has 0 bridgehead atoms. The van der Waals surface area contributed by atoms with E-state index < -0.39 is 12.1 Å². The summed E-state index contributed by atoms with van der Waals surface area (Å²) in [7, 11) is 0. The fourth-order valence-electron chi connectivity index (χ4n) is 7.55. The number of rotatable bonds is 47. The van der Waals surface area contributed by atoms with Crippen LogP contribution < -0.4 is 5.32 Å². The van der Waals surface area contributed by atoms with Crippen LogP contribution in [0.4, 0.5) is 0 Å². The van der Waals surface area contributed by atoms with Crippen molar-refractivity contribution >= 4 is 5.91 Å². The van der Waals surface area contributed by atoms with E-state index in [4.69, 9.17) is 0 Å². The van der Waals surface area contributed by atoms with Gasteiger partial charge in [-0.05, 0) is 83.5 Å². The highest BCUT2D eigenvalue weighted by atomic mass is 16.3. The molecule has 3 N–H and O–H groups in total. The van der Waals surface area contributed by atoms with E-state index in [1.807, 2.05) is 6.08 Å². The summed E-state index contributed by atoms with van der Waals surface area (Å²) in [5.41, 5.74) is 0. The second kappa shape index (κ2) is 52.7. The Balaban J connectivity index is 3.64. The zero-order chi connectivity index (χ0) is 44.9. The molecule has 2 atom stereocenters. The highest BCUT2D eigenvalue weighted by molar-refractivity contribution is 5.76. The highest BCUT2D eigenvalue weighted by Crippen LogP contribution is 2.15. The molecule has 1 amide bonds. The third-order valence-electron chi connectivity index (χ3n) is 11.6. The van der Waals surface area contributed by atoms with Crippen molar-refractivity contribution in [2.75, 3.05) is 6.61 Å². The molecule has 0 rings (SSSR count). The fraction of sp³-hybridized carbons (Fsp3) is 0.707. The Kier molecular flexibility index (Phi) is 50.4. The molecule has 0 aromatic heterocycles. The van der Waals surface area contributed by atoms with Crippen molar-refractivity contribution in [1.29, 1.82) is 0 Å². The van der Waals surface area contributed by atoms with Gasteiger partial charge in [-0.15, -0.1) is 0 Å². The first kappa shape index (κ1) is 59.3. The number of nitrogens with one attached hydrogen (secondary N) is 1. The number of amides is 1. The lowest BCUT2D eigenvalue weighted by Gasteiger charge is -2.19. The number of hydrogen-bond acceptors (Lipinski definition) is 3. The topological polar surface area (TPSA) is 69.6 Å². The molecular weight excluding hydrogens is 759 g/mol. The molecule has 0 aliphatic carbocycles. The van der Waals surface area contributed by atoms with Crippen molar-refractivity contribution in [2.45, 2.75) is 257 Å². The molecule has 0 saturated heterocycles. The summed E-state index contributed by atoms with van der Waals surface area (Å²) in [4.78, 5) is 12.4. The fourth-order valence-corrected chi connectivity index (χ4v) is 7.55. The Hall–Kier alpha value is -2.69. The van der Waals surface area contributed by atoms with Crippen LogP contribution in [0.25, 0.3) is 0 Å². The average molecular weight is 860 g/mol. The van der Waals surface area contributed by atoms with Crippen LogP contribution in [0.3, 0.4) is 0 Å². The van der Waals surface area contributed by atoms with E-state index in [9.17, 15) is 15.0 Å². The van der Waals surface area contributed by atoms with Crippen molar-refractivity contribution in [3.8, 4) is 0 Å². The van der Waals surface area contributed by atoms with Crippen LogP contribution in [-0.4, -0.2) is 34.9 Å². The number of hydrogen-bond donors (Lipinski definition) is 3. The molecule has 0 spiro atoms. The van der Waals surface area contributed by atoms with E-state index in [2.05, 4.69) is 104 Å². The van der Waals surface area contributed by atoms with Crippen LogP contribution in [0.2, 0.25) is 0 Å². The summed E-state index contributed by atoms with van der Waals surface area (Å²) < 4.78 is 0. The minimum Gasteiger partial charge on any atom is -0.394 e. The predicted molar refractivity (Wildman–Crippen MR) is 276 cm³/mol. The number of carbonyl (C=O) groups is 1. The Morgan fingerprint density at radius 1 is 0.403 bits per heavy atom. The zero-order valence-electron chi connectivity index (χ0n) is 40.9. The lowest BCUT2D eigenvalue weighted by atomic mass is 10.0. The number of aliphatic hydroxyl groups excluding tert-OH is 2. The lowest BCUT2D eigenvalue weighted by molar-refractivity contribution is -0.123. The summed E-state index contributed by atoms with van der Waals surface area (Å²) >= 11 is 0. The molecule has 0 aliphatic rings. The van der Waals surface area contributed by atoms with Gasteiger partial charge in [-0.2, -0.15) is 0 Å². The summed E-state index contributed by atoms with van der Waals surface area (Å²) in [6.45, 7) is 4.19. The van der Waals surface area contributed by atoms with Gasteiger partial charge in [-0.25, -0.2) is 0 Å². The molecule has 0 saturated carbocycles. The third kappa shape index (κ3) is 48.3. The van der Waals surface area contributed by atoms with Gasteiger partial charge in [0.25, 0.3) is 0 Å². The average Bonchev–Trinajstić information content (AvgIpc) is 3.28. The van der Waals surface area contributed by atoms with Gasteiger partial charge in [0.05, 0.1) is 18.8 Å². The van der Waals surface area contributed by atoms with Crippen molar-refractivity contribution < 1.29 is 15.0 Å². The molecule has 0 heterocycles. The van der Waals surface area contributed by atoms with Gasteiger partial charge in [0.1, 0.15) is 0 Å². The molecule has 0 aromatic carbocycles. The first-order valence-electron chi connectivity index (χ1n) is 26.5. The van der Waals surface area contributed by atoms with Crippen LogP contribution in [-0.2, 0) is 4.79 Å². The van der Waals surface area contributed by atoms with E-state index in [1.54, 1.807) is 6.08 Å². The smallest absolute Gasteiger partial charge is 0.220 e. The van der Waals surface area contributed by atoms with Crippen molar-refractivity contribution in [3.05, 3.63) is 97.2 Å². The number of aliphatic hydroxyl groups is 2. The Labute approximate surface area is 385 Å². The summed E-state index contributed by atoms with van der Waals surface area (Å²) in [6, 6.07) is -0.655. The van der Waals surface area contributed by atoms with Gasteiger partial charge >= 0.3 is 0 Å². The third-order valence-corrected chi connectivity index (χ3v) is 11.6. The first-order chi connectivity index (χ1) is 30.7. The van der Waals surface area contributed by atoms with Crippen molar-refractivity contribution in [1.82, 2.24) is 5.32 Å². The van der Waals surface area contributed by atoms with E-state index in [0.29, 0.717) is 6.42 Å². The highest BCUT2D eigenvalue weighted by Gasteiger charge is 2.17. The van der Waals surface area contributed by atoms with E-state index in [1.165, 1.54) is 141 Å². The van der Waals surface area contributed by atoms with Gasteiger partial charge in [0.2, 0.25) is 5.91 Å². The molecule has 0 aliphatic heterocycles. The molecule has 62 heavy (non-hydrogen) atoms. The standard InChI is InChI=1S/C58H101NO3/c1-3-5-7-9-11-13-15-17-19-21-23-25-27-29-31-33-35-37-39-41-43-45-47-49-51-53-57(61)56(55-60)59-58(62)54-52-50-48-46-44-42-40-38-36-34-32-30-28-26-24-22-20-18-16-14-12-10-8-6-4-2/h6,8,12,14,18,20,24,26,30,32,36,38,43,45,51,53,56-57,60-61H,3-5,7,9-11,13,15-17,19,21-23,25,27-29,31,33-35,37,39-42,44,46-50,52,54-55H2,1-2H3,(H,59,62)/b8-6-,14-12-,20-18-,26-24-,32-30-,38-36-,45-43+,53-51+. The van der Waals surface area contributed by atoms with E-state index in [0.717, 1.165) is 83.5 Å². The molecule has 0 aromatic rings. The molecule has 2 unspecified atom stereocenters. The van der Waals surface area contributed by atoms with Gasteiger partial charge in [-0.3, -0.25) is 4.79 Å². The number of carbonyl (C=O) groups excluding carboxylic acids is 1. The Morgan fingerprint density at radius 2 is 0.726 bits per heavy atom. The molecule has 4 heteroatoms. The summed E-state index contributed by atoms with van der Waals surface area (Å²) in [5, 5.41) is 23.1. The van der Waals surface area contributed by atoms with Gasteiger partial charge in [-0.1, -0.05) is 252 Å². The van der Waals surface area contributed by atoms with Crippen LogP contribution in [0.5, 0.6) is 0 Å². The molecule has 4 nitrogen and oxygen atoms in total. The van der Waals surface area contributed by atoms with Crippen LogP contribution in [0.15, 0.2) is 97.2 Å². The summed E-state index contributed by atoms with van der Waals surface area (Å²) in [5.74, 6) is -0.0908. The number of allylic oxidation sites excluding steroid dienone is 15. The molecule has 356 valence electrons. The molecule has 0 fully saturated rings. The Morgan fingerprint density at radius 3 is 1.13 bits per heavy atom.